The largest absolute Gasteiger partial charge is 0.444 e. The summed E-state index contributed by atoms with van der Waals surface area (Å²) in [6, 6.07) is 5.38. The van der Waals surface area contributed by atoms with Gasteiger partial charge in [-0.1, -0.05) is 11.6 Å². The van der Waals surface area contributed by atoms with E-state index in [1.165, 1.54) is 0 Å². The third-order valence-electron chi connectivity index (χ3n) is 2.47. The monoisotopic (exact) mass is 377 g/mol. The van der Waals surface area contributed by atoms with Crippen molar-refractivity contribution in [3.8, 4) is 0 Å². The zero-order valence-electron chi connectivity index (χ0n) is 12.4. The number of amides is 1. The van der Waals surface area contributed by atoms with E-state index < -0.39 is 11.7 Å². The summed E-state index contributed by atoms with van der Waals surface area (Å²) >= 11 is 9.30. The minimum atomic E-state index is -0.517. The maximum Gasteiger partial charge on any atom is 0.407 e. The molecule has 5 nitrogen and oxygen atoms in total. The molecule has 1 atom stereocenters. The first-order valence-electron chi connectivity index (χ1n) is 6.60. The molecule has 0 aromatic heterocycles. The fraction of sp³-hybridized carbons (Fsp3) is 0.500. The maximum atomic E-state index is 11.6. The number of anilines is 1. The molecule has 0 aliphatic carbocycles. The van der Waals surface area contributed by atoms with Crippen LogP contribution in [0.1, 0.15) is 20.8 Å². The molecule has 0 spiro atoms. The van der Waals surface area contributed by atoms with Gasteiger partial charge in [0.05, 0.1) is 11.1 Å². The Labute approximate surface area is 138 Å². The Bertz CT molecular complexity index is 492. The molecule has 0 radical (unpaired) electrons. The van der Waals surface area contributed by atoms with Crippen LogP contribution < -0.4 is 16.4 Å². The van der Waals surface area contributed by atoms with E-state index in [0.717, 1.165) is 10.2 Å². The normalized spacial score (nSPS) is 12.7. The van der Waals surface area contributed by atoms with Gasteiger partial charge in [-0.2, -0.15) is 0 Å². The molecule has 1 aromatic rings. The third kappa shape index (κ3) is 7.02. The van der Waals surface area contributed by atoms with Crippen molar-refractivity contribution in [1.82, 2.24) is 5.32 Å². The molecule has 0 bridgehead atoms. The van der Waals surface area contributed by atoms with Crippen molar-refractivity contribution in [3.63, 3.8) is 0 Å². The van der Waals surface area contributed by atoms with Gasteiger partial charge in [0.25, 0.3) is 0 Å². The minimum Gasteiger partial charge on any atom is -0.444 e. The summed E-state index contributed by atoms with van der Waals surface area (Å²) in [6.45, 7) is 6.19. The van der Waals surface area contributed by atoms with E-state index in [2.05, 4.69) is 26.6 Å². The Morgan fingerprint density at radius 3 is 2.67 bits per heavy atom. The molecule has 1 amide bonds. The second kappa shape index (κ2) is 7.87. The summed E-state index contributed by atoms with van der Waals surface area (Å²) in [6.07, 6.45) is -0.458. The molecule has 7 heteroatoms. The molecule has 0 saturated carbocycles. The average Bonchev–Trinajstić information content (AvgIpc) is 2.36. The van der Waals surface area contributed by atoms with Crippen LogP contribution in [0.3, 0.4) is 0 Å². The van der Waals surface area contributed by atoms with Crippen molar-refractivity contribution >= 4 is 39.3 Å². The molecular weight excluding hydrogens is 358 g/mol. The van der Waals surface area contributed by atoms with Crippen LogP contribution >= 0.6 is 27.5 Å². The number of nitrogens with one attached hydrogen (secondary N) is 2. The summed E-state index contributed by atoms with van der Waals surface area (Å²) in [5.41, 5.74) is 6.06. The first kappa shape index (κ1) is 18.1. The zero-order valence-corrected chi connectivity index (χ0v) is 14.7. The number of hydrogen-bond donors (Lipinski definition) is 3. The van der Waals surface area contributed by atoms with Gasteiger partial charge in [-0.25, -0.2) is 4.79 Å². The number of rotatable bonds is 5. The number of carbonyl (C=O) groups is 1. The number of nitrogens with two attached hydrogens (primary N) is 1. The predicted molar refractivity (Wildman–Crippen MR) is 89.9 cm³/mol. The highest BCUT2D eigenvalue weighted by molar-refractivity contribution is 9.10. The van der Waals surface area contributed by atoms with Crippen molar-refractivity contribution in [2.24, 2.45) is 5.73 Å². The standard InChI is InChI=1S/C14H21BrClN3O2/c1-14(2,3)21-13(20)18-8-10(7-17)19-9-4-5-12(16)11(15)6-9/h4-6,10,19H,7-8,17H2,1-3H3,(H,18,20). The molecule has 0 aliphatic rings. The highest BCUT2D eigenvalue weighted by atomic mass is 79.9. The molecule has 0 saturated heterocycles. The molecule has 0 aliphatic heterocycles. The van der Waals surface area contributed by atoms with Gasteiger partial charge in [0, 0.05) is 23.2 Å². The van der Waals surface area contributed by atoms with Gasteiger partial charge in [-0.15, -0.1) is 0 Å². The number of alkyl carbamates (subject to hydrolysis) is 1. The molecule has 118 valence electrons. The molecule has 0 heterocycles. The SMILES string of the molecule is CC(C)(C)OC(=O)NCC(CN)Nc1ccc(Cl)c(Br)c1. The van der Waals surface area contributed by atoms with E-state index >= 15 is 0 Å². The Hall–Kier alpha value is -0.980. The fourth-order valence-corrected chi connectivity index (χ4v) is 2.03. The lowest BCUT2D eigenvalue weighted by molar-refractivity contribution is 0.0526. The van der Waals surface area contributed by atoms with Crippen LogP contribution in [0.2, 0.25) is 5.02 Å². The van der Waals surface area contributed by atoms with Crippen molar-refractivity contribution < 1.29 is 9.53 Å². The lowest BCUT2D eigenvalue weighted by Crippen LogP contribution is -2.42. The van der Waals surface area contributed by atoms with Gasteiger partial charge in [-0.3, -0.25) is 0 Å². The Morgan fingerprint density at radius 2 is 2.14 bits per heavy atom. The lowest BCUT2D eigenvalue weighted by Gasteiger charge is -2.22. The van der Waals surface area contributed by atoms with E-state index in [-0.39, 0.29) is 6.04 Å². The molecule has 1 unspecified atom stereocenters. The minimum absolute atomic E-state index is 0.106. The van der Waals surface area contributed by atoms with Crippen LogP contribution in [0.15, 0.2) is 22.7 Å². The van der Waals surface area contributed by atoms with Crippen LogP contribution in [0, 0.1) is 0 Å². The highest BCUT2D eigenvalue weighted by Gasteiger charge is 2.17. The maximum absolute atomic E-state index is 11.6. The van der Waals surface area contributed by atoms with E-state index in [9.17, 15) is 4.79 Å². The quantitative estimate of drug-likeness (QED) is 0.734. The molecule has 21 heavy (non-hydrogen) atoms. The van der Waals surface area contributed by atoms with Crippen molar-refractivity contribution in [3.05, 3.63) is 27.7 Å². The van der Waals surface area contributed by atoms with Crippen molar-refractivity contribution in [2.75, 3.05) is 18.4 Å². The van der Waals surface area contributed by atoms with Gasteiger partial charge >= 0.3 is 6.09 Å². The number of hydrogen-bond acceptors (Lipinski definition) is 4. The predicted octanol–water partition coefficient (Wildman–Crippen LogP) is 3.37. The highest BCUT2D eigenvalue weighted by Crippen LogP contribution is 2.25. The molecule has 4 N–H and O–H groups in total. The van der Waals surface area contributed by atoms with Gasteiger partial charge in [0.15, 0.2) is 0 Å². The smallest absolute Gasteiger partial charge is 0.407 e. The summed E-state index contributed by atoms with van der Waals surface area (Å²) in [7, 11) is 0. The Kier molecular flexibility index (Phi) is 6.77. The lowest BCUT2D eigenvalue weighted by atomic mass is 10.2. The molecule has 1 aromatic carbocycles. The first-order chi connectivity index (χ1) is 9.71. The van der Waals surface area contributed by atoms with Gasteiger partial charge in [-0.05, 0) is 54.9 Å². The van der Waals surface area contributed by atoms with Gasteiger partial charge < -0.3 is 21.1 Å². The molecule has 1 rings (SSSR count). The van der Waals surface area contributed by atoms with E-state index in [0.29, 0.717) is 18.1 Å². The van der Waals surface area contributed by atoms with Crippen LogP contribution in [0.4, 0.5) is 10.5 Å². The van der Waals surface area contributed by atoms with E-state index in [1.807, 2.05) is 32.9 Å². The summed E-state index contributed by atoms with van der Waals surface area (Å²) in [4.78, 5) is 11.6. The second-order valence-corrected chi connectivity index (χ2v) is 6.85. The van der Waals surface area contributed by atoms with Crippen molar-refractivity contribution in [1.29, 1.82) is 0 Å². The number of benzene rings is 1. The summed E-state index contributed by atoms with van der Waals surface area (Å²) < 4.78 is 5.97. The second-order valence-electron chi connectivity index (χ2n) is 5.59. The Morgan fingerprint density at radius 1 is 1.48 bits per heavy atom. The molecular formula is C14H21BrClN3O2. The zero-order chi connectivity index (χ0) is 16.0. The summed E-state index contributed by atoms with van der Waals surface area (Å²) in [5.74, 6) is 0. The first-order valence-corrected chi connectivity index (χ1v) is 7.77. The van der Waals surface area contributed by atoms with Gasteiger partial charge in [0.1, 0.15) is 5.60 Å². The van der Waals surface area contributed by atoms with E-state index in [4.69, 9.17) is 22.1 Å². The van der Waals surface area contributed by atoms with Crippen LogP contribution in [0.25, 0.3) is 0 Å². The number of halogens is 2. The van der Waals surface area contributed by atoms with E-state index in [1.54, 1.807) is 6.07 Å². The van der Waals surface area contributed by atoms with Crippen LogP contribution in [-0.4, -0.2) is 30.8 Å². The fourth-order valence-electron chi connectivity index (χ4n) is 1.54. The molecule has 0 fully saturated rings. The topological polar surface area (TPSA) is 76.4 Å². The summed E-state index contributed by atoms with van der Waals surface area (Å²) in [5, 5.41) is 6.56. The van der Waals surface area contributed by atoms with Gasteiger partial charge in [0.2, 0.25) is 0 Å². The number of ether oxygens (including phenoxy) is 1. The average molecular weight is 379 g/mol. The Balaban J connectivity index is 2.51. The third-order valence-corrected chi connectivity index (χ3v) is 3.68. The van der Waals surface area contributed by atoms with Crippen LogP contribution in [-0.2, 0) is 4.74 Å². The van der Waals surface area contributed by atoms with Crippen molar-refractivity contribution in [2.45, 2.75) is 32.4 Å². The van der Waals surface area contributed by atoms with Crippen LogP contribution in [0.5, 0.6) is 0 Å². The number of carbonyl (C=O) groups excluding carboxylic acids is 1.